The lowest BCUT2D eigenvalue weighted by Gasteiger charge is -2.45. The highest BCUT2D eigenvalue weighted by atomic mass is 16.5. The molecule has 2 rings (SSSR count). The molecule has 6 nitrogen and oxygen atoms in total. The molecule has 6 heteroatoms. The number of benzene rings is 1. The Balaban J connectivity index is 2.06. The van der Waals surface area contributed by atoms with Crippen molar-refractivity contribution in [3.8, 4) is 0 Å². The number of amides is 2. The van der Waals surface area contributed by atoms with Crippen molar-refractivity contribution in [3.05, 3.63) is 35.9 Å². The van der Waals surface area contributed by atoms with Crippen LogP contribution in [0.3, 0.4) is 0 Å². The molecule has 0 aromatic heterocycles. The van der Waals surface area contributed by atoms with Gasteiger partial charge < -0.3 is 20.7 Å². The number of carbonyl (C=O) groups is 2. The van der Waals surface area contributed by atoms with Gasteiger partial charge >= 0.3 is 0 Å². The summed E-state index contributed by atoms with van der Waals surface area (Å²) in [5.74, 6) is -0.463. The fourth-order valence-electron chi connectivity index (χ4n) is 2.50. The molecule has 1 fully saturated rings. The number of ether oxygens (including phenoxy) is 1. The molecule has 1 heterocycles. The van der Waals surface area contributed by atoms with Gasteiger partial charge in [0.25, 0.3) is 0 Å². The molecule has 1 aromatic rings. The zero-order valence-corrected chi connectivity index (χ0v) is 13.0. The highest BCUT2D eigenvalue weighted by Crippen LogP contribution is 2.30. The molecule has 0 bridgehead atoms. The number of morpholine rings is 1. The molecular formula is C16H23N3O3. The molecule has 1 unspecified atom stereocenters. The van der Waals surface area contributed by atoms with Crippen molar-refractivity contribution in [2.75, 3.05) is 26.2 Å². The van der Waals surface area contributed by atoms with Crippen LogP contribution in [-0.2, 0) is 14.3 Å². The van der Waals surface area contributed by atoms with E-state index in [1.165, 1.54) is 0 Å². The Bertz CT molecular complexity index is 531. The minimum absolute atomic E-state index is 0.0407. The largest absolute Gasteiger partial charge is 0.369 e. The molecule has 1 saturated heterocycles. The van der Waals surface area contributed by atoms with Gasteiger partial charge in [0.2, 0.25) is 11.8 Å². The van der Waals surface area contributed by atoms with Gasteiger partial charge in [-0.1, -0.05) is 30.3 Å². The third-order valence-electron chi connectivity index (χ3n) is 3.81. The predicted octanol–water partition coefficient (Wildman–Crippen LogP) is 0.440. The quantitative estimate of drug-likeness (QED) is 0.845. The van der Waals surface area contributed by atoms with Gasteiger partial charge in [0.1, 0.15) is 6.10 Å². The second-order valence-electron chi connectivity index (χ2n) is 6.01. The molecule has 1 aliphatic heterocycles. The summed E-state index contributed by atoms with van der Waals surface area (Å²) in [6.07, 6.45) is -0.150. The number of hydrogen-bond donors (Lipinski definition) is 2. The van der Waals surface area contributed by atoms with Crippen molar-refractivity contribution in [1.29, 1.82) is 0 Å². The first-order valence-electron chi connectivity index (χ1n) is 7.38. The van der Waals surface area contributed by atoms with E-state index in [4.69, 9.17) is 10.5 Å². The molecule has 120 valence electrons. The van der Waals surface area contributed by atoms with Crippen LogP contribution in [-0.4, -0.2) is 48.5 Å². The van der Waals surface area contributed by atoms with Gasteiger partial charge in [-0.25, -0.2) is 0 Å². The second-order valence-corrected chi connectivity index (χ2v) is 6.01. The summed E-state index contributed by atoms with van der Waals surface area (Å²) in [6.45, 7) is 4.67. The zero-order chi connectivity index (χ0) is 16.2. The first-order valence-corrected chi connectivity index (χ1v) is 7.38. The van der Waals surface area contributed by atoms with E-state index in [0.29, 0.717) is 13.2 Å². The number of rotatable bonds is 4. The number of carbonyl (C=O) groups excluding carboxylic acids is 2. The first kappa shape index (κ1) is 16.5. The standard InChI is InChI=1S/C16H23N3O3/c1-16(2)11-22-13(12-6-4-3-5-7-12)10-19(16)15(21)9-18-14(20)8-17/h3-7,13H,8-11,17H2,1-2H3,(H,18,20). The van der Waals surface area contributed by atoms with E-state index in [1.807, 2.05) is 44.2 Å². The maximum absolute atomic E-state index is 12.4. The van der Waals surface area contributed by atoms with Crippen LogP contribution in [0.4, 0.5) is 0 Å². The van der Waals surface area contributed by atoms with Crippen molar-refractivity contribution in [3.63, 3.8) is 0 Å². The van der Waals surface area contributed by atoms with Crippen molar-refractivity contribution in [1.82, 2.24) is 10.2 Å². The maximum Gasteiger partial charge on any atom is 0.242 e. The normalized spacial score (nSPS) is 20.5. The second kappa shape index (κ2) is 6.89. The van der Waals surface area contributed by atoms with E-state index >= 15 is 0 Å². The highest BCUT2D eigenvalue weighted by molar-refractivity contribution is 5.86. The molecular weight excluding hydrogens is 282 g/mol. The number of nitrogens with one attached hydrogen (secondary N) is 1. The molecule has 2 amide bonds. The fourth-order valence-corrected chi connectivity index (χ4v) is 2.50. The average Bonchev–Trinajstić information content (AvgIpc) is 2.52. The highest BCUT2D eigenvalue weighted by Gasteiger charge is 2.38. The summed E-state index contributed by atoms with van der Waals surface area (Å²) in [5, 5.41) is 2.53. The van der Waals surface area contributed by atoms with Crippen LogP contribution >= 0.6 is 0 Å². The monoisotopic (exact) mass is 305 g/mol. The van der Waals surface area contributed by atoms with E-state index in [0.717, 1.165) is 5.56 Å². The Morgan fingerprint density at radius 2 is 2.05 bits per heavy atom. The maximum atomic E-state index is 12.4. The zero-order valence-electron chi connectivity index (χ0n) is 13.0. The summed E-state index contributed by atoms with van der Waals surface area (Å²) >= 11 is 0. The van der Waals surface area contributed by atoms with E-state index in [1.54, 1.807) is 4.90 Å². The summed E-state index contributed by atoms with van der Waals surface area (Å²) in [7, 11) is 0. The lowest BCUT2D eigenvalue weighted by molar-refractivity contribution is -0.154. The first-order chi connectivity index (χ1) is 10.4. The average molecular weight is 305 g/mol. The molecule has 0 saturated carbocycles. The SMILES string of the molecule is CC1(C)COC(c2ccccc2)CN1C(=O)CNC(=O)CN. The Morgan fingerprint density at radius 1 is 1.36 bits per heavy atom. The van der Waals surface area contributed by atoms with E-state index in [2.05, 4.69) is 5.32 Å². The van der Waals surface area contributed by atoms with Crippen molar-refractivity contribution in [2.24, 2.45) is 5.73 Å². The summed E-state index contributed by atoms with van der Waals surface area (Å²) < 4.78 is 5.91. The summed E-state index contributed by atoms with van der Waals surface area (Å²) in [4.78, 5) is 25.4. The smallest absolute Gasteiger partial charge is 0.242 e. The summed E-state index contributed by atoms with van der Waals surface area (Å²) in [6, 6.07) is 9.82. The van der Waals surface area contributed by atoms with Crippen LogP contribution < -0.4 is 11.1 Å². The molecule has 1 aromatic carbocycles. The van der Waals surface area contributed by atoms with Crippen molar-refractivity contribution >= 4 is 11.8 Å². The lowest BCUT2D eigenvalue weighted by Crippen LogP contribution is -2.58. The van der Waals surface area contributed by atoms with Crippen LogP contribution in [0.1, 0.15) is 25.5 Å². The van der Waals surface area contributed by atoms with Gasteiger partial charge in [0.15, 0.2) is 0 Å². The molecule has 0 radical (unpaired) electrons. The van der Waals surface area contributed by atoms with E-state index in [9.17, 15) is 9.59 Å². The van der Waals surface area contributed by atoms with Crippen LogP contribution in [0.25, 0.3) is 0 Å². The fraction of sp³-hybridized carbons (Fsp3) is 0.500. The molecule has 0 spiro atoms. The third kappa shape index (κ3) is 3.84. The number of nitrogens with zero attached hydrogens (tertiary/aromatic N) is 1. The molecule has 1 aliphatic rings. The van der Waals surface area contributed by atoms with Gasteiger partial charge in [0.05, 0.1) is 31.8 Å². The Kier molecular flexibility index (Phi) is 5.15. The van der Waals surface area contributed by atoms with E-state index in [-0.39, 0.29) is 31.0 Å². The van der Waals surface area contributed by atoms with Crippen LogP contribution in [0, 0.1) is 0 Å². The molecule has 0 aliphatic carbocycles. The number of hydrogen-bond acceptors (Lipinski definition) is 4. The lowest BCUT2D eigenvalue weighted by atomic mass is 9.98. The van der Waals surface area contributed by atoms with Gasteiger partial charge in [-0.05, 0) is 19.4 Å². The van der Waals surface area contributed by atoms with Gasteiger partial charge in [0, 0.05) is 0 Å². The van der Waals surface area contributed by atoms with Gasteiger partial charge in [-0.3, -0.25) is 9.59 Å². The Morgan fingerprint density at radius 3 is 2.68 bits per heavy atom. The third-order valence-corrected chi connectivity index (χ3v) is 3.81. The number of nitrogens with two attached hydrogens (primary N) is 1. The minimum Gasteiger partial charge on any atom is -0.369 e. The topological polar surface area (TPSA) is 84.7 Å². The molecule has 1 atom stereocenters. The van der Waals surface area contributed by atoms with Crippen LogP contribution in [0.5, 0.6) is 0 Å². The van der Waals surface area contributed by atoms with E-state index < -0.39 is 5.54 Å². The van der Waals surface area contributed by atoms with Gasteiger partial charge in [-0.15, -0.1) is 0 Å². The predicted molar refractivity (Wildman–Crippen MR) is 83.0 cm³/mol. The van der Waals surface area contributed by atoms with Crippen LogP contribution in [0.2, 0.25) is 0 Å². The molecule has 22 heavy (non-hydrogen) atoms. The minimum atomic E-state index is -0.407. The van der Waals surface area contributed by atoms with Crippen molar-refractivity contribution in [2.45, 2.75) is 25.5 Å². The van der Waals surface area contributed by atoms with Crippen molar-refractivity contribution < 1.29 is 14.3 Å². The van der Waals surface area contributed by atoms with Gasteiger partial charge in [-0.2, -0.15) is 0 Å². The summed E-state index contributed by atoms with van der Waals surface area (Å²) in [5.41, 5.74) is 5.87. The Hall–Kier alpha value is -1.92. The Labute approximate surface area is 130 Å². The molecule has 3 N–H and O–H groups in total. The van der Waals surface area contributed by atoms with Crippen LogP contribution in [0.15, 0.2) is 30.3 Å².